The van der Waals surface area contributed by atoms with Crippen LogP contribution < -0.4 is 5.32 Å². The zero-order valence-electron chi connectivity index (χ0n) is 9.55. The average molecular weight is 355 g/mol. The van der Waals surface area contributed by atoms with E-state index in [1.165, 1.54) is 0 Å². The molecule has 0 radical (unpaired) electrons. The monoisotopic (exact) mass is 353 g/mol. The van der Waals surface area contributed by atoms with E-state index in [2.05, 4.69) is 5.32 Å². The number of allylic oxidation sites excluding steroid dienone is 1. The first-order valence-corrected chi connectivity index (χ1v) is 6.95. The largest absolute Gasteiger partial charge is 0.369 e. The minimum Gasteiger partial charge on any atom is -0.369 e. The lowest BCUT2D eigenvalue weighted by molar-refractivity contribution is -0.126. The molecular formula is C10H12Cl5NO2. The molecule has 1 rings (SSSR count). The van der Waals surface area contributed by atoms with Crippen molar-refractivity contribution in [3.05, 3.63) is 10.6 Å². The number of halogens is 5. The fraction of sp³-hybridized carbons (Fsp3) is 0.700. The molecule has 3 nitrogen and oxygen atoms in total. The number of nitrogens with one attached hydrogen (secondary N) is 1. The molecule has 1 aliphatic rings. The maximum atomic E-state index is 11.9. The van der Waals surface area contributed by atoms with Gasteiger partial charge in [-0.05, 0) is 17.4 Å². The summed E-state index contributed by atoms with van der Waals surface area (Å²) in [5, 5.41) is 11.7. The Bertz CT molecular complexity index is 373. The maximum absolute atomic E-state index is 11.9. The second kappa shape index (κ2) is 5.55. The molecule has 104 valence electrons. The van der Waals surface area contributed by atoms with E-state index in [9.17, 15) is 9.90 Å². The lowest BCUT2D eigenvalue weighted by Crippen LogP contribution is -2.44. The van der Waals surface area contributed by atoms with Gasteiger partial charge >= 0.3 is 0 Å². The minimum atomic E-state index is -1.97. The van der Waals surface area contributed by atoms with E-state index in [1.54, 1.807) is 6.08 Å². The summed E-state index contributed by atoms with van der Waals surface area (Å²) in [4.78, 5) is 11.9. The summed E-state index contributed by atoms with van der Waals surface area (Å²) in [5.74, 6) is -0.883. The third kappa shape index (κ3) is 3.81. The molecule has 0 aromatic carbocycles. The van der Waals surface area contributed by atoms with Crippen molar-refractivity contribution in [2.45, 2.75) is 23.9 Å². The number of aliphatic hydroxyl groups excluding tert-OH is 1. The Hall–Kier alpha value is 0.620. The van der Waals surface area contributed by atoms with Gasteiger partial charge in [-0.1, -0.05) is 71.9 Å². The zero-order valence-corrected chi connectivity index (χ0v) is 13.3. The fourth-order valence-corrected chi connectivity index (χ4v) is 2.37. The molecule has 0 heterocycles. The highest BCUT2D eigenvalue weighted by Crippen LogP contribution is 2.59. The van der Waals surface area contributed by atoms with E-state index in [0.29, 0.717) is 0 Å². The van der Waals surface area contributed by atoms with Crippen molar-refractivity contribution >= 4 is 63.9 Å². The van der Waals surface area contributed by atoms with Crippen molar-refractivity contribution in [1.29, 1.82) is 0 Å². The number of hydrogen-bond acceptors (Lipinski definition) is 2. The first-order chi connectivity index (χ1) is 7.98. The molecule has 3 atom stereocenters. The standard InChI is InChI=1S/C10H12Cl5NO2/c1-9(2)4(3-5(11)12)6(9)7(17)16-8(18)10(13,14)15/h3-4,6,8,18H,1-2H3,(H,16,17)/t4-,6+,8+/m0/s1. The molecule has 0 spiro atoms. The topological polar surface area (TPSA) is 49.3 Å². The third-order valence-electron chi connectivity index (χ3n) is 3.09. The normalized spacial score (nSPS) is 27.3. The summed E-state index contributed by atoms with van der Waals surface area (Å²) in [6, 6.07) is 0. The Labute approximate surface area is 130 Å². The molecular weight excluding hydrogens is 343 g/mol. The number of rotatable bonds is 3. The van der Waals surface area contributed by atoms with Crippen LogP contribution in [0.2, 0.25) is 0 Å². The van der Waals surface area contributed by atoms with Crippen LogP contribution in [0.25, 0.3) is 0 Å². The van der Waals surface area contributed by atoms with Crippen LogP contribution in [0.4, 0.5) is 0 Å². The van der Waals surface area contributed by atoms with Gasteiger partial charge in [0.05, 0.1) is 5.92 Å². The molecule has 0 saturated heterocycles. The van der Waals surface area contributed by atoms with Gasteiger partial charge in [-0.15, -0.1) is 0 Å². The molecule has 0 aromatic heterocycles. The maximum Gasteiger partial charge on any atom is 0.234 e. The Morgan fingerprint density at radius 1 is 1.39 bits per heavy atom. The molecule has 0 aromatic rings. The van der Waals surface area contributed by atoms with Crippen molar-refractivity contribution in [3.8, 4) is 0 Å². The SMILES string of the molecule is CC1(C)[C@@H](C=C(Cl)Cl)[C@@H]1C(=O)N[C@H](O)C(Cl)(Cl)Cl. The molecule has 2 N–H and O–H groups in total. The van der Waals surface area contributed by atoms with Gasteiger partial charge in [-0.3, -0.25) is 4.79 Å². The van der Waals surface area contributed by atoms with Crippen LogP contribution in [0.5, 0.6) is 0 Å². The van der Waals surface area contributed by atoms with E-state index >= 15 is 0 Å². The third-order valence-corrected chi connectivity index (χ3v) is 3.96. The summed E-state index contributed by atoms with van der Waals surface area (Å²) in [6.07, 6.45) is 0.0252. The zero-order chi connectivity index (χ0) is 14.3. The Balaban J connectivity index is 2.68. The predicted molar refractivity (Wildman–Crippen MR) is 75.0 cm³/mol. The minimum absolute atomic E-state index is 0.102. The molecule has 1 saturated carbocycles. The number of amides is 1. The van der Waals surface area contributed by atoms with Crippen LogP contribution in [0.15, 0.2) is 10.6 Å². The molecule has 0 bridgehead atoms. The van der Waals surface area contributed by atoms with Crippen LogP contribution in [0.1, 0.15) is 13.8 Å². The molecule has 1 fully saturated rings. The highest BCUT2D eigenvalue weighted by atomic mass is 35.6. The van der Waals surface area contributed by atoms with E-state index < -0.39 is 15.9 Å². The smallest absolute Gasteiger partial charge is 0.234 e. The molecule has 18 heavy (non-hydrogen) atoms. The number of aliphatic hydroxyl groups is 1. The molecule has 1 aliphatic carbocycles. The molecule has 1 amide bonds. The summed E-state index contributed by atoms with van der Waals surface area (Å²) in [5.41, 5.74) is -0.299. The first kappa shape index (κ1) is 16.7. The lowest BCUT2D eigenvalue weighted by Gasteiger charge is -2.20. The molecule has 0 aliphatic heterocycles. The summed E-state index contributed by atoms with van der Waals surface area (Å²) < 4.78 is -1.87. The second-order valence-electron chi connectivity index (χ2n) is 4.73. The number of carbonyl (C=O) groups is 1. The highest BCUT2D eigenvalue weighted by molar-refractivity contribution is 6.68. The van der Waals surface area contributed by atoms with Gasteiger partial charge in [0.1, 0.15) is 4.49 Å². The van der Waals surface area contributed by atoms with E-state index in [0.717, 1.165) is 0 Å². The van der Waals surface area contributed by atoms with Crippen molar-refractivity contribution in [3.63, 3.8) is 0 Å². The summed E-state index contributed by atoms with van der Waals surface area (Å²) in [7, 11) is 0. The highest BCUT2D eigenvalue weighted by Gasteiger charge is 2.61. The van der Waals surface area contributed by atoms with Gasteiger partial charge in [0.15, 0.2) is 6.23 Å². The van der Waals surface area contributed by atoms with Gasteiger partial charge in [0.25, 0.3) is 0 Å². The van der Waals surface area contributed by atoms with Crippen molar-refractivity contribution in [2.75, 3.05) is 0 Å². The summed E-state index contributed by atoms with van der Waals surface area (Å²) >= 11 is 27.5. The van der Waals surface area contributed by atoms with Gasteiger partial charge in [-0.25, -0.2) is 0 Å². The first-order valence-electron chi connectivity index (χ1n) is 5.06. The molecule has 8 heteroatoms. The number of hydrogen-bond donors (Lipinski definition) is 2. The van der Waals surface area contributed by atoms with E-state index in [4.69, 9.17) is 58.0 Å². The number of alkyl halides is 3. The van der Waals surface area contributed by atoms with Crippen LogP contribution in [0.3, 0.4) is 0 Å². The summed E-state index contributed by atoms with van der Waals surface area (Å²) in [6.45, 7) is 3.77. The molecule has 0 unspecified atom stereocenters. The van der Waals surface area contributed by atoms with Crippen molar-refractivity contribution < 1.29 is 9.90 Å². The van der Waals surface area contributed by atoms with Gasteiger partial charge < -0.3 is 10.4 Å². The van der Waals surface area contributed by atoms with Gasteiger partial charge in [0.2, 0.25) is 9.70 Å². The van der Waals surface area contributed by atoms with Crippen LogP contribution in [-0.4, -0.2) is 21.0 Å². The lowest BCUT2D eigenvalue weighted by atomic mass is 10.1. The van der Waals surface area contributed by atoms with Gasteiger partial charge in [-0.2, -0.15) is 0 Å². The fourth-order valence-electron chi connectivity index (χ4n) is 1.93. The van der Waals surface area contributed by atoms with Gasteiger partial charge in [0, 0.05) is 0 Å². The Morgan fingerprint density at radius 2 is 1.89 bits per heavy atom. The van der Waals surface area contributed by atoms with Crippen LogP contribution >= 0.6 is 58.0 Å². The Morgan fingerprint density at radius 3 is 2.28 bits per heavy atom. The van der Waals surface area contributed by atoms with Crippen molar-refractivity contribution in [1.82, 2.24) is 5.32 Å². The Kier molecular flexibility index (Phi) is 5.14. The number of carbonyl (C=O) groups excluding carboxylic acids is 1. The van der Waals surface area contributed by atoms with E-state index in [1.807, 2.05) is 13.8 Å². The average Bonchev–Trinajstić information content (AvgIpc) is 2.64. The van der Waals surface area contributed by atoms with E-state index in [-0.39, 0.29) is 21.7 Å². The predicted octanol–water partition coefficient (Wildman–Crippen LogP) is 3.38. The second-order valence-corrected chi connectivity index (χ2v) is 8.11. The van der Waals surface area contributed by atoms with Crippen LogP contribution in [0, 0.1) is 17.3 Å². The quantitative estimate of drug-likeness (QED) is 0.602. The van der Waals surface area contributed by atoms with Crippen molar-refractivity contribution in [2.24, 2.45) is 17.3 Å². The van der Waals surface area contributed by atoms with Crippen LogP contribution in [-0.2, 0) is 4.79 Å².